The van der Waals surface area contributed by atoms with Crippen LogP contribution in [-0.4, -0.2) is 20.6 Å². The van der Waals surface area contributed by atoms with Crippen LogP contribution in [0, 0.1) is 0 Å². The molecule has 0 aliphatic rings. The molecule has 0 saturated heterocycles. The molecule has 0 saturated carbocycles. The summed E-state index contributed by atoms with van der Waals surface area (Å²) in [5.41, 5.74) is 0.791. The Morgan fingerprint density at radius 2 is 2.45 bits per heavy atom. The first-order valence-electron chi connectivity index (χ1n) is 2.85. The molecule has 2 rings (SSSR count). The fraction of sp³-hybridized carbons (Fsp3) is 0. The van der Waals surface area contributed by atoms with Crippen LogP contribution in [0.3, 0.4) is 0 Å². The Labute approximate surface area is 69.9 Å². The molecule has 2 aromatic rings. The van der Waals surface area contributed by atoms with Crippen LogP contribution >= 0.6 is 15.9 Å². The van der Waals surface area contributed by atoms with Gasteiger partial charge < -0.3 is 4.42 Å². The van der Waals surface area contributed by atoms with Gasteiger partial charge in [-0.2, -0.15) is 5.21 Å². The largest absolute Gasteiger partial charge is 0.457 e. The van der Waals surface area contributed by atoms with Gasteiger partial charge in [-0.1, -0.05) is 0 Å². The Kier molecular flexibility index (Phi) is 1.46. The molecule has 0 aliphatic carbocycles. The minimum atomic E-state index is 0.519. The average molecular weight is 215 g/mol. The van der Waals surface area contributed by atoms with Crippen molar-refractivity contribution in [1.82, 2.24) is 20.6 Å². The molecule has 0 spiro atoms. The summed E-state index contributed by atoms with van der Waals surface area (Å²) in [6.45, 7) is 0. The third-order valence-corrected chi connectivity index (χ3v) is 1.82. The quantitative estimate of drug-likeness (QED) is 0.776. The maximum Gasteiger partial charge on any atom is 0.209 e. The highest BCUT2D eigenvalue weighted by Crippen LogP contribution is 2.25. The van der Waals surface area contributed by atoms with Gasteiger partial charge in [0.2, 0.25) is 5.82 Å². The molecule has 0 unspecified atom stereocenters. The molecule has 6 heteroatoms. The Bertz CT molecular complexity index is 341. The van der Waals surface area contributed by atoms with Gasteiger partial charge in [-0.15, -0.1) is 10.2 Å². The fourth-order valence-electron chi connectivity index (χ4n) is 0.729. The first-order valence-corrected chi connectivity index (χ1v) is 3.64. The maximum atomic E-state index is 4.98. The smallest absolute Gasteiger partial charge is 0.209 e. The number of nitrogens with one attached hydrogen (secondary N) is 1. The molecule has 0 aromatic carbocycles. The molecule has 0 fully saturated rings. The highest BCUT2D eigenvalue weighted by atomic mass is 79.9. The number of halogens is 1. The van der Waals surface area contributed by atoms with Crippen molar-refractivity contribution in [3.63, 3.8) is 0 Å². The number of furan rings is 1. The lowest BCUT2D eigenvalue weighted by molar-refractivity contribution is 0.542. The highest BCUT2D eigenvalue weighted by molar-refractivity contribution is 9.10. The van der Waals surface area contributed by atoms with E-state index >= 15 is 0 Å². The summed E-state index contributed by atoms with van der Waals surface area (Å²) < 4.78 is 5.59. The topological polar surface area (TPSA) is 67.6 Å². The number of hydrogen-bond acceptors (Lipinski definition) is 4. The van der Waals surface area contributed by atoms with Gasteiger partial charge in [0.1, 0.15) is 0 Å². The molecule has 5 nitrogen and oxygen atoms in total. The van der Waals surface area contributed by atoms with Crippen LogP contribution in [0.4, 0.5) is 0 Å². The third kappa shape index (κ3) is 1.05. The lowest BCUT2D eigenvalue weighted by Crippen LogP contribution is -1.77. The van der Waals surface area contributed by atoms with E-state index in [0.29, 0.717) is 10.5 Å². The molecule has 0 atom stereocenters. The van der Waals surface area contributed by atoms with Crippen molar-refractivity contribution in [2.75, 3.05) is 0 Å². The molecule has 0 bridgehead atoms. The van der Waals surface area contributed by atoms with Crippen molar-refractivity contribution in [2.45, 2.75) is 0 Å². The zero-order valence-corrected chi connectivity index (χ0v) is 6.87. The maximum absolute atomic E-state index is 4.98. The Morgan fingerprint density at radius 3 is 3.00 bits per heavy atom. The van der Waals surface area contributed by atoms with Crippen LogP contribution in [0.5, 0.6) is 0 Å². The Balaban J connectivity index is 2.53. The highest BCUT2D eigenvalue weighted by Gasteiger charge is 2.08. The van der Waals surface area contributed by atoms with E-state index in [0.717, 1.165) is 5.56 Å². The Morgan fingerprint density at radius 1 is 1.55 bits per heavy atom. The van der Waals surface area contributed by atoms with E-state index in [1.807, 2.05) is 0 Å². The normalized spacial score (nSPS) is 10.3. The molecule has 56 valence electrons. The number of tetrazole rings is 1. The third-order valence-electron chi connectivity index (χ3n) is 1.20. The monoisotopic (exact) mass is 214 g/mol. The zero-order chi connectivity index (χ0) is 7.68. The standard InChI is InChI=1S/C5H3BrN4O/c6-4-3(1-2-11-4)5-7-9-10-8-5/h1-2H,(H,7,8,9,10). The van der Waals surface area contributed by atoms with E-state index in [1.54, 1.807) is 12.3 Å². The summed E-state index contributed by atoms with van der Waals surface area (Å²) >= 11 is 3.20. The number of aromatic nitrogens is 4. The molecule has 0 aliphatic heterocycles. The van der Waals surface area contributed by atoms with E-state index in [2.05, 4.69) is 36.6 Å². The van der Waals surface area contributed by atoms with E-state index in [-0.39, 0.29) is 0 Å². The fourth-order valence-corrected chi connectivity index (χ4v) is 1.15. The van der Waals surface area contributed by atoms with Crippen molar-refractivity contribution in [1.29, 1.82) is 0 Å². The van der Waals surface area contributed by atoms with Crippen LogP contribution < -0.4 is 0 Å². The number of rotatable bonds is 1. The predicted octanol–water partition coefficient (Wildman–Crippen LogP) is 1.22. The van der Waals surface area contributed by atoms with E-state index in [1.165, 1.54) is 0 Å². The number of nitrogens with zero attached hydrogens (tertiary/aromatic N) is 3. The van der Waals surface area contributed by atoms with Crippen molar-refractivity contribution in [2.24, 2.45) is 0 Å². The first-order chi connectivity index (χ1) is 5.38. The summed E-state index contributed by atoms with van der Waals surface area (Å²) in [5.74, 6) is 0.519. The zero-order valence-electron chi connectivity index (χ0n) is 5.28. The number of aromatic amines is 1. The van der Waals surface area contributed by atoms with E-state index in [9.17, 15) is 0 Å². The van der Waals surface area contributed by atoms with Gasteiger partial charge in [-0.3, -0.25) is 0 Å². The second kappa shape index (κ2) is 2.46. The molecule has 2 heterocycles. The second-order valence-electron chi connectivity index (χ2n) is 1.84. The minimum absolute atomic E-state index is 0.519. The molecule has 0 radical (unpaired) electrons. The van der Waals surface area contributed by atoms with Gasteiger partial charge in [0.15, 0.2) is 4.67 Å². The summed E-state index contributed by atoms with van der Waals surface area (Å²) in [7, 11) is 0. The van der Waals surface area contributed by atoms with Crippen LogP contribution in [-0.2, 0) is 0 Å². The van der Waals surface area contributed by atoms with Gasteiger partial charge in [-0.25, -0.2) is 0 Å². The molecule has 0 amide bonds. The minimum Gasteiger partial charge on any atom is -0.457 e. The van der Waals surface area contributed by atoms with Crippen LogP contribution in [0.25, 0.3) is 11.4 Å². The Hall–Kier alpha value is -1.17. The van der Waals surface area contributed by atoms with E-state index in [4.69, 9.17) is 4.42 Å². The lowest BCUT2D eigenvalue weighted by atomic mass is 10.3. The van der Waals surface area contributed by atoms with Gasteiger partial charge in [-0.05, 0) is 27.2 Å². The lowest BCUT2D eigenvalue weighted by Gasteiger charge is -1.84. The summed E-state index contributed by atoms with van der Waals surface area (Å²) in [6, 6.07) is 1.76. The van der Waals surface area contributed by atoms with Crippen molar-refractivity contribution in [3.05, 3.63) is 17.0 Å². The van der Waals surface area contributed by atoms with Crippen molar-refractivity contribution >= 4 is 15.9 Å². The average Bonchev–Trinajstić information content (AvgIpc) is 2.55. The molecule has 2 aromatic heterocycles. The molecular formula is C5H3BrN4O. The summed E-state index contributed by atoms with van der Waals surface area (Å²) in [4.78, 5) is 0. The second-order valence-corrected chi connectivity index (χ2v) is 2.56. The summed E-state index contributed by atoms with van der Waals surface area (Å²) in [5, 5.41) is 13.3. The first kappa shape index (κ1) is 6.53. The van der Waals surface area contributed by atoms with E-state index < -0.39 is 0 Å². The number of H-pyrrole nitrogens is 1. The van der Waals surface area contributed by atoms with Gasteiger partial charge in [0.05, 0.1) is 11.8 Å². The van der Waals surface area contributed by atoms with Gasteiger partial charge in [0, 0.05) is 0 Å². The number of hydrogen-bond donors (Lipinski definition) is 1. The predicted molar refractivity (Wildman–Crippen MR) is 39.6 cm³/mol. The van der Waals surface area contributed by atoms with Crippen LogP contribution in [0.1, 0.15) is 0 Å². The van der Waals surface area contributed by atoms with Crippen molar-refractivity contribution < 1.29 is 4.42 Å². The molecule has 11 heavy (non-hydrogen) atoms. The van der Waals surface area contributed by atoms with Crippen LogP contribution in [0.2, 0.25) is 0 Å². The molecular weight excluding hydrogens is 212 g/mol. The summed E-state index contributed by atoms with van der Waals surface area (Å²) in [6.07, 6.45) is 1.55. The molecule has 1 N–H and O–H groups in total. The van der Waals surface area contributed by atoms with Gasteiger partial charge in [0.25, 0.3) is 0 Å². The van der Waals surface area contributed by atoms with Gasteiger partial charge >= 0.3 is 0 Å². The van der Waals surface area contributed by atoms with Crippen LogP contribution in [0.15, 0.2) is 21.4 Å². The SMILES string of the molecule is Brc1occc1-c1nn[nH]n1. The van der Waals surface area contributed by atoms with Crippen molar-refractivity contribution in [3.8, 4) is 11.4 Å².